The van der Waals surface area contributed by atoms with E-state index in [9.17, 15) is 14.3 Å². The molecule has 1 aromatic carbocycles. The Balaban J connectivity index is 1.57. The molecule has 1 atom stereocenters. The van der Waals surface area contributed by atoms with E-state index in [2.05, 4.69) is 15.0 Å². The maximum atomic E-state index is 14.3. The molecule has 0 saturated carbocycles. The van der Waals surface area contributed by atoms with Crippen molar-refractivity contribution >= 4 is 5.91 Å². The molecule has 164 valence electrons. The van der Waals surface area contributed by atoms with Crippen LogP contribution in [-0.2, 0) is 0 Å². The second-order valence-corrected chi connectivity index (χ2v) is 8.08. The topological polar surface area (TPSA) is 98.3 Å². The fourth-order valence-electron chi connectivity index (χ4n) is 3.88. The Hall–Kier alpha value is -3.77. The third-order valence-corrected chi connectivity index (χ3v) is 5.87. The van der Waals surface area contributed by atoms with Crippen molar-refractivity contribution in [3.8, 4) is 28.9 Å². The minimum absolute atomic E-state index is 0.0676. The Bertz CT molecular complexity index is 1210. The molecule has 1 aliphatic heterocycles. The molecule has 1 amide bonds. The molecule has 1 aliphatic rings. The van der Waals surface area contributed by atoms with Gasteiger partial charge in [-0.3, -0.25) is 4.79 Å². The van der Waals surface area contributed by atoms with Gasteiger partial charge in [0, 0.05) is 30.9 Å². The van der Waals surface area contributed by atoms with E-state index in [0.29, 0.717) is 36.1 Å². The Morgan fingerprint density at radius 3 is 2.72 bits per heavy atom. The van der Waals surface area contributed by atoms with Crippen LogP contribution in [0.3, 0.4) is 0 Å². The van der Waals surface area contributed by atoms with E-state index in [4.69, 9.17) is 5.26 Å². The number of likely N-dealkylation sites (N-methyl/N-ethyl adjacent to an activating group) is 1. The molecular weight excluding hydrogens is 411 g/mol. The number of hydrogen-bond acceptors (Lipinski definition) is 6. The summed E-state index contributed by atoms with van der Waals surface area (Å²) in [4.78, 5) is 21.0. The predicted molar refractivity (Wildman–Crippen MR) is 116 cm³/mol. The van der Waals surface area contributed by atoms with E-state index < -0.39 is 5.82 Å². The van der Waals surface area contributed by atoms with Gasteiger partial charge in [0.05, 0.1) is 17.3 Å². The smallest absolute Gasteiger partial charge is 0.255 e. The zero-order valence-electron chi connectivity index (χ0n) is 18.1. The lowest BCUT2D eigenvalue weighted by Crippen LogP contribution is -2.34. The molecule has 8 nitrogen and oxygen atoms in total. The van der Waals surface area contributed by atoms with Gasteiger partial charge in [0.15, 0.2) is 11.6 Å². The van der Waals surface area contributed by atoms with Crippen molar-refractivity contribution < 1.29 is 14.3 Å². The second-order valence-electron chi connectivity index (χ2n) is 8.08. The van der Waals surface area contributed by atoms with Crippen molar-refractivity contribution in [2.75, 3.05) is 27.2 Å². The quantitative estimate of drug-likeness (QED) is 0.678. The van der Waals surface area contributed by atoms with E-state index in [1.807, 2.05) is 19.0 Å². The highest BCUT2D eigenvalue weighted by Crippen LogP contribution is 2.32. The predicted octanol–water partition coefficient (Wildman–Crippen LogP) is 2.74. The average molecular weight is 434 g/mol. The molecule has 2 aromatic heterocycles. The van der Waals surface area contributed by atoms with Crippen LogP contribution in [0.15, 0.2) is 36.7 Å². The second kappa shape index (κ2) is 8.40. The molecule has 3 heterocycles. The van der Waals surface area contributed by atoms with Crippen LogP contribution in [0.1, 0.15) is 27.9 Å². The molecule has 0 unspecified atom stereocenters. The van der Waals surface area contributed by atoms with Crippen LogP contribution in [0.5, 0.6) is 5.75 Å². The van der Waals surface area contributed by atoms with Gasteiger partial charge in [-0.2, -0.15) is 10.4 Å². The summed E-state index contributed by atoms with van der Waals surface area (Å²) in [6.07, 6.45) is 3.80. The van der Waals surface area contributed by atoms with Crippen molar-refractivity contribution in [3.63, 3.8) is 0 Å². The van der Waals surface area contributed by atoms with Crippen LogP contribution in [0.4, 0.5) is 4.39 Å². The number of benzene rings is 1. The third-order valence-electron chi connectivity index (χ3n) is 5.87. The van der Waals surface area contributed by atoms with Crippen molar-refractivity contribution in [2.24, 2.45) is 0 Å². The van der Waals surface area contributed by atoms with Crippen LogP contribution >= 0.6 is 0 Å². The average Bonchev–Trinajstić information content (AvgIpc) is 3.43. The first-order valence-corrected chi connectivity index (χ1v) is 10.2. The number of carbonyl (C=O) groups excluding carboxylic acids is 1. The first-order valence-electron chi connectivity index (χ1n) is 10.2. The zero-order valence-corrected chi connectivity index (χ0v) is 18.1. The van der Waals surface area contributed by atoms with E-state index in [1.54, 1.807) is 24.3 Å². The van der Waals surface area contributed by atoms with E-state index in [-0.39, 0.29) is 28.5 Å². The molecule has 4 rings (SSSR count). The van der Waals surface area contributed by atoms with Crippen molar-refractivity contribution in [2.45, 2.75) is 19.4 Å². The maximum absolute atomic E-state index is 14.3. The van der Waals surface area contributed by atoms with Gasteiger partial charge in [-0.15, -0.1) is 0 Å². The van der Waals surface area contributed by atoms with Gasteiger partial charge in [0.1, 0.15) is 17.6 Å². The highest BCUT2D eigenvalue weighted by atomic mass is 19.1. The number of rotatable bonds is 4. The Morgan fingerprint density at radius 2 is 2.09 bits per heavy atom. The Kier molecular flexibility index (Phi) is 5.63. The molecule has 1 N–H and O–H groups in total. The van der Waals surface area contributed by atoms with Crippen LogP contribution in [0, 0.1) is 24.1 Å². The monoisotopic (exact) mass is 434 g/mol. The number of likely N-dealkylation sites (tertiary alicyclic amines) is 1. The number of aromatic hydroxyl groups is 1. The molecule has 1 saturated heterocycles. The van der Waals surface area contributed by atoms with Gasteiger partial charge in [-0.1, -0.05) is 6.07 Å². The van der Waals surface area contributed by atoms with Crippen LogP contribution in [0.2, 0.25) is 0 Å². The summed E-state index contributed by atoms with van der Waals surface area (Å²) < 4.78 is 15.7. The first-order chi connectivity index (χ1) is 15.3. The number of hydrogen-bond donors (Lipinski definition) is 1. The lowest BCUT2D eigenvalue weighted by molar-refractivity contribution is 0.0782. The van der Waals surface area contributed by atoms with Gasteiger partial charge in [0.25, 0.3) is 5.91 Å². The minimum Gasteiger partial charge on any atom is -0.504 e. The van der Waals surface area contributed by atoms with Crippen molar-refractivity contribution in [3.05, 3.63) is 59.2 Å². The molecule has 0 spiro atoms. The summed E-state index contributed by atoms with van der Waals surface area (Å²) in [6, 6.07) is 8.38. The lowest BCUT2D eigenvalue weighted by Gasteiger charge is -2.20. The Morgan fingerprint density at radius 1 is 1.31 bits per heavy atom. The van der Waals surface area contributed by atoms with Gasteiger partial charge in [0.2, 0.25) is 0 Å². The molecule has 3 aromatic rings. The van der Waals surface area contributed by atoms with Crippen molar-refractivity contribution in [1.29, 1.82) is 5.26 Å². The fourth-order valence-corrected chi connectivity index (χ4v) is 3.88. The molecule has 1 fully saturated rings. The van der Waals surface area contributed by atoms with Gasteiger partial charge >= 0.3 is 0 Å². The van der Waals surface area contributed by atoms with Gasteiger partial charge in [-0.25, -0.2) is 14.1 Å². The highest BCUT2D eigenvalue weighted by molar-refractivity contribution is 5.94. The maximum Gasteiger partial charge on any atom is 0.255 e. The number of amides is 1. The number of carbonyl (C=O) groups is 1. The summed E-state index contributed by atoms with van der Waals surface area (Å²) >= 11 is 0. The summed E-state index contributed by atoms with van der Waals surface area (Å²) in [5, 5.41) is 23.7. The summed E-state index contributed by atoms with van der Waals surface area (Å²) in [5.74, 6) is -0.451. The normalized spacial score (nSPS) is 15.9. The number of halogens is 1. The molecule has 0 aliphatic carbocycles. The highest BCUT2D eigenvalue weighted by Gasteiger charge is 2.28. The SMILES string of the molecule is Cc1c(-c2nn(-c3ccc(C(=O)N4CC[C@@H](N(C)C)C4)cn3)cc2O)ccc(C#N)c1F. The number of nitrogens with zero attached hydrogens (tertiary/aromatic N) is 6. The summed E-state index contributed by atoms with van der Waals surface area (Å²) in [7, 11) is 4.02. The number of pyridine rings is 1. The number of aromatic nitrogens is 3. The standard InChI is InChI=1S/C23H23FN6O2/c1-14-18(6-4-15(10-25)21(14)24)22-19(31)13-30(27-22)20-7-5-16(11-26-20)23(32)29-9-8-17(12-29)28(2)3/h4-7,11,13,17,31H,8-9,12H2,1-3H3/t17-/m1/s1. The summed E-state index contributed by atoms with van der Waals surface area (Å²) in [6.45, 7) is 2.92. The Labute approximate surface area is 185 Å². The van der Waals surface area contributed by atoms with Gasteiger partial charge < -0.3 is 14.9 Å². The number of nitriles is 1. The fraction of sp³-hybridized carbons (Fsp3) is 0.304. The van der Waals surface area contributed by atoms with E-state index in [0.717, 1.165) is 6.42 Å². The van der Waals surface area contributed by atoms with Crippen LogP contribution in [0.25, 0.3) is 17.1 Å². The molecule has 0 bridgehead atoms. The molecular formula is C23H23FN6O2. The third kappa shape index (κ3) is 3.81. The van der Waals surface area contributed by atoms with Crippen molar-refractivity contribution in [1.82, 2.24) is 24.6 Å². The molecule has 32 heavy (non-hydrogen) atoms. The van der Waals surface area contributed by atoms with Crippen LogP contribution in [-0.4, -0.2) is 68.8 Å². The minimum atomic E-state index is -0.640. The van der Waals surface area contributed by atoms with Crippen LogP contribution < -0.4 is 0 Å². The van der Waals surface area contributed by atoms with E-state index >= 15 is 0 Å². The zero-order chi connectivity index (χ0) is 23.0. The first kappa shape index (κ1) is 21.5. The van der Waals surface area contributed by atoms with Gasteiger partial charge in [-0.05, 0) is 51.2 Å². The lowest BCUT2D eigenvalue weighted by atomic mass is 10.0. The largest absolute Gasteiger partial charge is 0.504 e. The van der Waals surface area contributed by atoms with E-state index in [1.165, 1.54) is 30.1 Å². The summed E-state index contributed by atoms with van der Waals surface area (Å²) in [5.41, 5.74) is 1.20. The molecule has 9 heteroatoms. The molecule has 0 radical (unpaired) electrons.